The van der Waals surface area contributed by atoms with Gasteiger partial charge in [-0.05, 0) is 42.0 Å². The molecule has 7 heteroatoms. The van der Waals surface area contributed by atoms with Crippen molar-refractivity contribution < 1.29 is 18.3 Å². The van der Waals surface area contributed by atoms with Gasteiger partial charge in [0.1, 0.15) is 11.6 Å². The molecule has 0 fully saturated rings. The molecule has 1 N–H and O–H groups in total. The van der Waals surface area contributed by atoms with Crippen molar-refractivity contribution in [1.82, 2.24) is 9.78 Å². The highest BCUT2D eigenvalue weighted by molar-refractivity contribution is 5.51. The Balaban J connectivity index is 1.84. The van der Waals surface area contributed by atoms with Gasteiger partial charge in [-0.15, -0.1) is 5.10 Å². The second-order valence-electron chi connectivity index (χ2n) is 4.93. The molecule has 1 atom stereocenters. The molecule has 0 aliphatic rings. The van der Waals surface area contributed by atoms with Crippen LogP contribution in [-0.4, -0.2) is 14.9 Å². The summed E-state index contributed by atoms with van der Waals surface area (Å²) in [6.45, 7) is -0.188. The zero-order valence-corrected chi connectivity index (χ0v) is 11.8. The lowest BCUT2D eigenvalue weighted by atomic mass is 10.1. The summed E-state index contributed by atoms with van der Waals surface area (Å²) in [4.78, 5) is 11.8. The molecule has 118 valence electrons. The van der Waals surface area contributed by atoms with Gasteiger partial charge < -0.3 is 9.52 Å². The fourth-order valence-electron chi connectivity index (χ4n) is 2.11. The third kappa shape index (κ3) is 3.35. The number of halogens is 2. The number of aromatic nitrogens is 2. The molecular formula is C16H12F2N2O3. The average molecular weight is 318 g/mol. The summed E-state index contributed by atoms with van der Waals surface area (Å²) in [5, 5.41) is 14.0. The summed E-state index contributed by atoms with van der Waals surface area (Å²) < 4.78 is 32.0. The molecule has 2 aromatic carbocycles. The molecule has 0 unspecified atom stereocenters. The minimum atomic E-state index is -1.12. The summed E-state index contributed by atoms with van der Waals surface area (Å²) in [7, 11) is 0. The molecule has 0 radical (unpaired) electrons. The molecule has 0 spiro atoms. The van der Waals surface area contributed by atoms with Crippen molar-refractivity contribution in [3.8, 4) is 11.5 Å². The number of benzene rings is 2. The van der Waals surface area contributed by atoms with E-state index >= 15 is 0 Å². The molecule has 1 aromatic heterocycles. The molecule has 3 aromatic rings. The van der Waals surface area contributed by atoms with E-state index in [1.165, 1.54) is 42.5 Å². The van der Waals surface area contributed by atoms with Crippen LogP contribution in [0.4, 0.5) is 8.78 Å². The van der Waals surface area contributed by atoms with Gasteiger partial charge in [0.2, 0.25) is 5.89 Å². The molecular weight excluding hydrogens is 306 g/mol. The first kappa shape index (κ1) is 15.1. The number of aliphatic hydroxyl groups excluding tert-OH is 1. The first-order chi connectivity index (χ1) is 11.0. The van der Waals surface area contributed by atoms with Crippen molar-refractivity contribution in [3.05, 3.63) is 76.3 Å². The van der Waals surface area contributed by atoms with Crippen molar-refractivity contribution in [2.45, 2.75) is 12.6 Å². The van der Waals surface area contributed by atoms with Crippen LogP contribution in [0.5, 0.6) is 0 Å². The minimum Gasteiger partial charge on any atom is -0.388 e. The van der Waals surface area contributed by atoms with Crippen LogP contribution < -0.4 is 5.76 Å². The SMILES string of the molecule is O=c1oc(-c2ccc(F)cc2)nn1C[C@H](O)c1cccc(F)c1. The lowest BCUT2D eigenvalue weighted by molar-refractivity contribution is 0.148. The standard InChI is InChI=1S/C16H12F2N2O3/c17-12-6-4-10(5-7-12)15-19-20(16(22)23-15)9-14(21)11-2-1-3-13(18)8-11/h1-8,14,21H,9H2/t14-/m0/s1. The second-order valence-corrected chi connectivity index (χ2v) is 4.93. The van der Waals surface area contributed by atoms with Crippen LogP contribution in [0.15, 0.2) is 57.7 Å². The number of rotatable bonds is 4. The summed E-state index contributed by atoms with van der Waals surface area (Å²) in [5.74, 6) is -1.65. The lowest BCUT2D eigenvalue weighted by Crippen LogP contribution is -2.20. The summed E-state index contributed by atoms with van der Waals surface area (Å²) in [6, 6.07) is 10.7. The van der Waals surface area contributed by atoms with E-state index in [9.17, 15) is 18.7 Å². The van der Waals surface area contributed by atoms with E-state index in [-0.39, 0.29) is 12.4 Å². The maximum absolute atomic E-state index is 13.2. The quantitative estimate of drug-likeness (QED) is 0.802. The molecule has 0 saturated carbocycles. The number of aliphatic hydroxyl groups is 1. The number of nitrogens with zero attached hydrogens (tertiary/aromatic N) is 2. The van der Waals surface area contributed by atoms with Crippen molar-refractivity contribution in [1.29, 1.82) is 0 Å². The van der Waals surface area contributed by atoms with Crippen molar-refractivity contribution in [2.75, 3.05) is 0 Å². The van der Waals surface area contributed by atoms with E-state index in [1.54, 1.807) is 6.07 Å². The van der Waals surface area contributed by atoms with Crippen LogP contribution in [-0.2, 0) is 6.54 Å². The predicted molar refractivity (Wildman–Crippen MR) is 77.5 cm³/mol. The van der Waals surface area contributed by atoms with E-state index in [2.05, 4.69) is 5.10 Å². The van der Waals surface area contributed by atoms with E-state index in [0.29, 0.717) is 11.1 Å². The van der Waals surface area contributed by atoms with Crippen molar-refractivity contribution >= 4 is 0 Å². The smallest absolute Gasteiger partial charge is 0.388 e. The first-order valence-electron chi connectivity index (χ1n) is 6.80. The van der Waals surface area contributed by atoms with Gasteiger partial charge in [-0.3, -0.25) is 0 Å². The topological polar surface area (TPSA) is 68.3 Å². The van der Waals surface area contributed by atoms with Gasteiger partial charge in [-0.25, -0.2) is 13.6 Å². The summed E-state index contributed by atoms with van der Waals surface area (Å²) in [6.07, 6.45) is -1.12. The van der Waals surface area contributed by atoms with Crippen LogP contribution in [0, 0.1) is 11.6 Å². The van der Waals surface area contributed by atoms with Crippen LogP contribution >= 0.6 is 0 Å². The zero-order valence-electron chi connectivity index (χ0n) is 11.8. The lowest BCUT2D eigenvalue weighted by Gasteiger charge is -2.09. The van der Waals surface area contributed by atoms with Gasteiger partial charge >= 0.3 is 5.76 Å². The highest BCUT2D eigenvalue weighted by Gasteiger charge is 2.15. The number of hydrogen-bond donors (Lipinski definition) is 1. The van der Waals surface area contributed by atoms with E-state index < -0.39 is 23.5 Å². The molecule has 0 saturated heterocycles. The Morgan fingerprint density at radius 1 is 1.13 bits per heavy atom. The summed E-state index contributed by atoms with van der Waals surface area (Å²) in [5.41, 5.74) is 0.755. The molecule has 23 heavy (non-hydrogen) atoms. The normalized spacial score (nSPS) is 12.3. The number of hydrogen-bond acceptors (Lipinski definition) is 4. The molecule has 0 aliphatic carbocycles. The van der Waals surface area contributed by atoms with Crippen LogP contribution in [0.2, 0.25) is 0 Å². The summed E-state index contributed by atoms with van der Waals surface area (Å²) >= 11 is 0. The first-order valence-corrected chi connectivity index (χ1v) is 6.80. The van der Waals surface area contributed by atoms with E-state index in [0.717, 1.165) is 4.68 Å². The Morgan fingerprint density at radius 2 is 1.87 bits per heavy atom. The highest BCUT2D eigenvalue weighted by atomic mass is 19.1. The average Bonchev–Trinajstić information content (AvgIpc) is 2.89. The van der Waals surface area contributed by atoms with E-state index in [4.69, 9.17) is 4.42 Å². The monoisotopic (exact) mass is 318 g/mol. The van der Waals surface area contributed by atoms with Gasteiger partial charge in [-0.1, -0.05) is 12.1 Å². The second kappa shape index (κ2) is 6.13. The fourth-order valence-corrected chi connectivity index (χ4v) is 2.11. The maximum Gasteiger partial charge on any atom is 0.437 e. The van der Waals surface area contributed by atoms with Crippen molar-refractivity contribution in [3.63, 3.8) is 0 Å². The zero-order chi connectivity index (χ0) is 16.4. The van der Waals surface area contributed by atoms with Crippen LogP contribution in [0.25, 0.3) is 11.5 Å². The minimum absolute atomic E-state index is 0.0152. The molecule has 0 aliphatic heterocycles. The Hall–Kier alpha value is -2.80. The molecule has 3 rings (SSSR count). The van der Waals surface area contributed by atoms with Gasteiger partial charge in [0.25, 0.3) is 0 Å². The third-order valence-corrected chi connectivity index (χ3v) is 3.28. The Bertz CT molecular complexity index is 872. The third-order valence-electron chi connectivity index (χ3n) is 3.28. The molecule has 0 bridgehead atoms. The molecule has 1 heterocycles. The van der Waals surface area contributed by atoms with Gasteiger partial charge in [0, 0.05) is 5.56 Å². The molecule has 0 amide bonds. The van der Waals surface area contributed by atoms with Gasteiger partial charge in [0.05, 0.1) is 12.6 Å². The predicted octanol–water partition coefficient (Wildman–Crippen LogP) is 2.52. The molecule has 5 nitrogen and oxygen atoms in total. The van der Waals surface area contributed by atoms with Gasteiger partial charge in [0.15, 0.2) is 0 Å². The fraction of sp³-hybridized carbons (Fsp3) is 0.125. The Morgan fingerprint density at radius 3 is 2.57 bits per heavy atom. The Labute approximate surface area is 129 Å². The van der Waals surface area contributed by atoms with Crippen LogP contribution in [0.3, 0.4) is 0 Å². The highest BCUT2D eigenvalue weighted by Crippen LogP contribution is 2.18. The van der Waals surface area contributed by atoms with Crippen LogP contribution in [0.1, 0.15) is 11.7 Å². The Kier molecular flexibility index (Phi) is 4.03. The van der Waals surface area contributed by atoms with E-state index in [1.807, 2.05) is 0 Å². The largest absolute Gasteiger partial charge is 0.437 e. The van der Waals surface area contributed by atoms with Gasteiger partial charge in [-0.2, -0.15) is 4.68 Å². The maximum atomic E-state index is 13.2. The van der Waals surface area contributed by atoms with Crippen molar-refractivity contribution in [2.24, 2.45) is 0 Å².